The Morgan fingerprint density at radius 3 is 2.70 bits per heavy atom. The summed E-state index contributed by atoms with van der Waals surface area (Å²) >= 11 is 6.24. The van der Waals surface area contributed by atoms with E-state index in [1.807, 2.05) is 32.0 Å². The van der Waals surface area contributed by atoms with Crippen LogP contribution in [0.5, 0.6) is 0 Å². The van der Waals surface area contributed by atoms with Gasteiger partial charge in [-0.15, -0.1) is 0 Å². The summed E-state index contributed by atoms with van der Waals surface area (Å²) in [5, 5.41) is 15.9. The Morgan fingerprint density at radius 1 is 1.27 bits per heavy atom. The zero-order valence-electron chi connectivity index (χ0n) is 19.5. The van der Waals surface area contributed by atoms with Gasteiger partial charge in [-0.25, -0.2) is 0 Å². The van der Waals surface area contributed by atoms with E-state index in [-0.39, 0.29) is 24.4 Å². The quantitative estimate of drug-likeness (QED) is 0.238. The number of oxime groups is 1. The number of carboxylic acid groups (broad SMARTS) is 1. The van der Waals surface area contributed by atoms with Gasteiger partial charge in [0.25, 0.3) is 0 Å². The normalized spacial score (nSPS) is 40.8. The lowest BCUT2D eigenvalue weighted by atomic mass is 9.43. The third-order valence-corrected chi connectivity index (χ3v) is 9.90. The molecule has 3 fully saturated rings. The molecule has 0 aromatic heterocycles. The van der Waals surface area contributed by atoms with Gasteiger partial charge in [0.05, 0.1) is 11.6 Å². The molecule has 6 heteroatoms. The second kappa shape index (κ2) is 7.69. The largest absolute Gasteiger partial charge is 0.481 e. The molecule has 4 aliphatic carbocycles. The summed E-state index contributed by atoms with van der Waals surface area (Å²) in [5.74, 6) is 0.0312. The standard InChI is InChI=1S/C27H32ClNO4/c1-16(2)22-10-19-11-26(15-30)21-9-8-17(3)20(21)12-25(19,27(22,26)24(31)32)14-29-33-13-18-6-4-5-7-23(18)28/h4-7,10,14-17,19-21H,8-9,11-13H2,1-3H3,(H,31,32)/b29-14+/t17-,19+,20-,21-,25+,26+,27-/m1/s1. The number of nitrogens with zero attached hydrogens (tertiary/aromatic N) is 1. The van der Waals surface area contributed by atoms with Crippen LogP contribution in [-0.2, 0) is 21.0 Å². The minimum atomic E-state index is -1.26. The van der Waals surface area contributed by atoms with Crippen molar-refractivity contribution in [2.75, 3.05) is 0 Å². The lowest BCUT2D eigenvalue weighted by Crippen LogP contribution is -2.63. The molecule has 5 rings (SSSR count). The Labute approximate surface area is 200 Å². The van der Waals surface area contributed by atoms with Crippen molar-refractivity contribution in [3.63, 3.8) is 0 Å². The SMILES string of the molecule is CC(C)C1=C[C@H]2C[C@]3(C=O)[C@@H]4CC[C@@H](C)[C@H]4C[C@@]2(/C=N/OCc2ccccc2Cl)[C@]13C(=O)O. The van der Waals surface area contributed by atoms with Gasteiger partial charge >= 0.3 is 5.97 Å². The molecule has 0 aliphatic heterocycles. The second-order valence-corrected chi connectivity index (χ2v) is 11.4. The van der Waals surface area contributed by atoms with Gasteiger partial charge in [-0.1, -0.05) is 73.8 Å². The summed E-state index contributed by atoms with van der Waals surface area (Å²) in [7, 11) is 0. The maximum absolute atomic E-state index is 13.3. The number of carbonyl (C=O) groups excluding carboxylic acids is 1. The number of hydrogen-bond donors (Lipinski definition) is 1. The summed E-state index contributed by atoms with van der Waals surface area (Å²) in [6.45, 7) is 6.54. The average molecular weight is 470 g/mol. The summed E-state index contributed by atoms with van der Waals surface area (Å²) in [5.41, 5.74) is -1.18. The zero-order chi connectivity index (χ0) is 23.6. The van der Waals surface area contributed by atoms with Crippen molar-refractivity contribution >= 4 is 30.1 Å². The smallest absolute Gasteiger partial charge is 0.315 e. The lowest BCUT2D eigenvalue weighted by Gasteiger charge is -2.57. The van der Waals surface area contributed by atoms with Crippen LogP contribution in [0, 0.1) is 45.8 Å². The van der Waals surface area contributed by atoms with Crippen LogP contribution in [-0.4, -0.2) is 23.6 Å². The van der Waals surface area contributed by atoms with Crippen molar-refractivity contribution in [2.24, 2.45) is 51.0 Å². The van der Waals surface area contributed by atoms with E-state index in [0.717, 1.165) is 36.7 Å². The van der Waals surface area contributed by atoms with Gasteiger partial charge in [-0.3, -0.25) is 4.79 Å². The van der Waals surface area contributed by atoms with Crippen molar-refractivity contribution in [3.05, 3.63) is 46.5 Å². The van der Waals surface area contributed by atoms with E-state index in [9.17, 15) is 14.7 Å². The number of fused-ring (bicyclic) bond motifs is 2. The Morgan fingerprint density at radius 2 is 2.03 bits per heavy atom. The average Bonchev–Trinajstić information content (AvgIpc) is 3.35. The van der Waals surface area contributed by atoms with Crippen LogP contribution in [0.3, 0.4) is 0 Å². The third-order valence-electron chi connectivity index (χ3n) is 9.53. The molecule has 33 heavy (non-hydrogen) atoms. The topological polar surface area (TPSA) is 76.0 Å². The first-order chi connectivity index (χ1) is 15.7. The monoisotopic (exact) mass is 469 g/mol. The van der Waals surface area contributed by atoms with E-state index in [0.29, 0.717) is 23.3 Å². The van der Waals surface area contributed by atoms with Crippen molar-refractivity contribution in [2.45, 2.75) is 53.1 Å². The minimum absolute atomic E-state index is 0.0262. The van der Waals surface area contributed by atoms with E-state index in [2.05, 4.69) is 18.2 Å². The number of aliphatic carboxylic acids is 1. The highest BCUT2D eigenvalue weighted by Gasteiger charge is 2.84. The van der Waals surface area contributed by atoms with Crippen molar-refractivity contribution in [1.82, 2.24) is 0 Å². The van der Waals surface area contributed by atoms with E-state index in [1.54, 1.807) is 12.3 Å². The first kappa shape index (κ1) is 22.6. The van der Waals surface area contributed by atoms with Crippen LogP contribution in [0.15, 0.2) is 41.1 Å². The molecule has 4 aliphatic rings. The summed E-state index contributed by atoms with van der Waals surface area (Å²) < 4.78 is 0. The van der Waals surface area contributed by atoms with Crippen LogP contribution in [0.25, 0.3) is 0 Å². The number of carbonyl (C=O) groups is 2. The first-order valence-corrected chi connectivity index (χ1v) is 12.4. The molecule has 1 aromatic rings. The predicted molar refractivity (Wildman–Crippen MR) is 127 cm³/mol. The van der Waals surface area contributed by atoms with E-state index in [1.165, 1.54) is 0 Å². The molecular weight excluding hydrogens is 438 g/mol. The number of hydrogen-bond acceptors (Lipinski definition) is 4. The van der Waals surface area contributed by atoms with Gasteiger partial charge in [0.2, 0.25) is 0 Å². The summed E-state index contributed by atoms with van der Waals surface area (Å²) in [4.78, 5) is 32.0. The Hall–Kier alpha value is -2.14. The fourth-order valence-corrected chi connectivity index (χ4v) is 8.53. The molecule has 176 valence electrons. The van der Waals surface area contributed by atoms with Crippen molar-refractivity contribution < 1.29 is 19.5 Å². The Bertz CT molecular complexity index is 1050. The maximum atomic E-state index is 13.3. The predicted octanol–water partition coefficient (Wildman–Crippen LogP) is 5.77. The van der Waals surface area contributed by atoms with Crippen LogP contribution in [0.4, 0.5) is 0 Å². The highest BCUT2D eigenvalue weighted by atomic mass is 35.5. The van der Waals surface area contributed by atoms with Gasteiger partial charge < -0.3 is 14.7 Å². The van der Waals surface area contributed by atoms with Gasteiger partial charge in [-0.2, -0.15) is 0 Å². The van der Waals surface area contributed by atoms with Gasteiger partial charge in [-0.05, 0) is 54.9 Å². The fraction of sp³-hybridized carbons (Fsp3) is 0.593. The number of carboxylic acids is 1. The third kappa shape index (κ3) is 2.69. The molecule has 1 aromatic carbocycles. The zero-order valence-corrected chi connectivity index (χ0v) is 20.2. The number of rotatable bonds is 7. The van der Waals surface area contributed by atoms with Gasteiger partial charge in [0, 0.05) is 16.0 Å². The molecule has 0 amide bonds. The highest BCUT2D eigenvalue weighted by molar-refractivity contribution is 6.31. The molecule has 1 N–H and O–H groups in total. The lowest BCUT2D eigenvalue weighted by molar-refractivity contribution is -0.173. The van der Waals surface area contributed by atoms with E-state index in [4.69, 9.17) is 16.4 Å². The summed E-state index contributed by atoms with van der Waals surface area (Å²) in [6.07, 6.45) is 8.24. The number of benzene rings is 1. The molecule has 4 bridgehead atoms. The molecule has 0 heterocycles. The van der Waals surface area contributed by atoms with Gasteiger partial charge in [0.15, 0.2) is 0 Å². The van der Waals surface area contributed by atoms with Gasteiger partial charge in [0.1, 0.15) is 18.3 Å². The van der Waals surface area contributed by atoms with Crippen molar-refractivity contribution in [3.8, 4) is 0 Å². The molecule has 0 spiro atoms. The molecule has 0 unspecified atom stereocenters. The maximum Gasteiger partial charge on any atom is 0.315 e. The Kier molecular flexibility index (Phi) is 5.28. The van der Waals surface area contributed by atoms with Crippen LogP contribution in [0.1, 0.15) is 52.0 Å². The minimum Gasteiger partial charge on any atom is -0.481 e. The molecule has 3 saturated carbocycles. The van der Waals surface area contributed by atoms with Crippen LogP contribution >= 0.6 is 11.6 Å². The molecule has 0 radical (unpaired) electrons. The molecular formula is C27H32ClNO4. The second-order valence-electron chi connectivity index (χ2n) is 11.0. The highest BCUT2D eigenvalue weighted by Crippen LogP contribution is 2.82. The first-order valence-electron chi connectivity index (χ1n) is 12.1. The Balaban J connectivity index is 1.59. The fourth-order valence-electron chi connectivity index (χ4n) is 8.34. The number of allylic oxidation sites excluding steroid dienone is 1. The number of halogens is 1. The summed E-state index contributed by atoms with van der Waals surface area (Å²) in [6, 6.07) is 7.44. The van der Waals surface area contributed by atoms with Crippen LogP contribution < -0.4 is 0 Å². The molecule has 5 nitrogen and oxygen atoms in total. The molecule has 0 saturated heterocycles. The number of aldehydes is 1. The van der Waals surface area contributed by atoms with Crippen LogP contribution in [0.2, 0.25) is 5.02 Å². The van der Waals surface area contributed by atoms with E-state index < -0.39 is 22.2 Å². The van der Waals surface area contributed by atoms with E-state index >= 15 is 0 Å². The van der Waals surface area contributed by atoms with Crippen molar-refractivity contribution in [1.29, 1.82) is 0 Å². The molecule has 7 atom stereocenters.